The van der Waals surface area contributed by atoms with Gasteiger partial charge in [0.25, 0.3) is 0 Å². The molecule has 14 heteroatoms. The van der Waals surface area contributed by atoms with Crippen molar-refractivity contribution in [3.63, 3.8) is 0 Å². The predicted octanol–water partition coefficient (Wildman–Crippen LogP) is 3.79. The van der Waals surface area contributed by atoms with Crippen LogP contribution in [0.3, 0.4) is 0 Å². The van der Waals surface area contributed by atoms with E-state index in [4.69, 9.17) is 0 Å². The lowest BCUT2D eigenvalue weighted by Crippen LogP contribution is -2.40. The van der Waals surface area contributed by atoms with E-state index in [1.807, 2.05) is 0 Å². The summed E-state index contributed by atoms with van der Waals surface area (Å²) in [5.41, 5.74) is -0.268. The van der Waals surface area contributed by atoms with Crippen molar-refractivity contribution in [2.24, 2.45) is 0 Å². The van der Waals surface area contributed by atoms with E-state index in [0.29, 0.717) is 11.1 Å². The van der Waals surface area contributed by atoms with Crippen LogP contribution < -0.4 is 21.0 Å². The summed E-state index contributed by atoms with van der Waals surface area (Å²) in [5.74, 6) is -4.49. The lowest BCUT2D eigenvalue weighted by atomic mass is 9.99. The quantitative estimate of drug-likeness (QED) is 0.504. The summed E-state index contributed by atoms with van der Waals surface area (Å²) >= 11 is 0. The maximum absolute atomic E-state index is 12.5. The summed E-state index contributed by atoms with van der Waals surface area (Å²) in [6.07, 6.45) is -9.87. The molecule has 2 aromatic rings. The van der Waals surface area contributed by atoms with E-state index in [1.54, 1.807) is 10.6 Å². The van der Waals surface area contributed by atoms with Crippen molar-refractivity contribution in [3.8, 4) is 0 Å². The Morgan fingerprint density at radius 2 is 1.06 bits per heavy atom. The summed E-state index contributed by atoms with van der Waals surface area (Å²) < 4.78 is 74.9. The molecule has 32 heavy (non-hydrogen) atoms. The normalized spacial score (nSPS) is 14.1. The molecule has 0 spiro atoms. The van der Waals surface area contributed by atoms with Crippen LogP contribution in [0.1, 0.15) is 11.1 Å². The molecule has 0 fully saturated rings. The number of alkyl halides is 6. The number of anilines is 4. The fraction of sp³-hybridized carbons (Fsp3) is 0.222. The van der Waals surface area contributed by atoms with E-state index in [2.05, 4.69) is 0 Å². The zero-order valence-electron chi connectivity index (χ0n) is 15.8. The number of hydrogen-bond acceptors (Lipinski definition) is 6. The van der Waals surface area contributed by atoms with Gasteiger partial charge >= 0.3 is 24.2 Å². The monoisotopic (exact) mass is 464 g/mol. The molecule has 0 aliphatic carbocycles. The van der Waals surface area contributed by atoms with Crippen molar-refractivity contribution < 1.29 is 46.3 Å². The Kier molecular flexibility index (Phi) is 5.93. The smallest absolute Gasteiger partial charge is 0.318 e. The molecule has 0 saturated carbocycles. The second-order valence-electron chi connectivity index (χ2n) is 6.67. The minimum atomic E-state index is -5.15. The first-order valence-electron chi connectivity index (χ1n) is 8.77. The van der Waals surface area contributed by atoms with Crippen molar-refractivity contribution in [1.82, 2.24) is 0 Å². The van der Waals surface area contributed by atoms with Gasteiger partial charge in [-0.05, 0) is 48.2 Å². The number of aryl methyl sites for hydroxylation is 2. The van der Waals surface area contributed by atoms with E-state index in [0.717, 1.165) is 12.1 Å². The van der Waals surface area contributed by atoms with Crippen LogP contribution in [0.15, 0.2) is 36.4 Å². The van der Waals surface area contributed by atoms with Crippen LogP contribution >= 0.6 is 0 Å². The summed E-state index contributed by atoms with van der Waals surface area (Å²) in [5, 5.41) is 24.3. The molecular weight excluding hydrogens is 450 g/mol. The van der Waals surface area contributed by atoms with E-state index in [-0.39, 0.29) is 45.9 Å². The third-order valence-electron chi connectivity index (χ3n) is 4.48. The Hall–Kier alpha value is -3.52. The van der Waals surface area contributed by atoms with Crippen molar-refractivity contribution in [3.05, 3.63) is 47.5 Å². The van der Waals surface area contributed by atoms with Gasteiger partial charge in [-0.15, -0.1) is 10.3 Å². The number of benzene rings is 2. The second-order valence-corrected chi connectivity index (χ2v) is 6.67. The molecule has 1 heterocycles. The number of rotatable bonds is 2. The van der Waals surface area contributed by atoms with Gasteiger partial charge in [0.1, 0.15) is 0 Å². The van der Waals surface area contributed by atoms with Gasteiger partial charge in [0.15, 0.2) is 0 Å². The molecule has 172 valence electrons. The highest BCUT2D eigenvalue weighted by Crippen LogP contribution is 2.35. The SMILES string of the molecule is O=C(Nc1ccc2c(c1)N(O)N(O)c1cc(NC(=O)C(F)(F)F)ccc1CC2)C(F)(F)F. The highest BCUT2D eigenvalue weighted by Gasteiger charge is 2.39. The van der Waals surface area contributed by atoms with Gasteiger partial charge in [0.05, 0.1) is 11.4 Å². The van der Waals surface area contributed by atoms with Crippen molar-refractivity contribution in [2.45, 2.75) is 25.2 Å². The summed E-state index contributed by atoms with van der Waals surface area (Å²) in [4.78, 5) is 22.3. The third-order valence-corrected chi connectivity index (χ3v) is 4.48. The second kappa shape index (κ2) is 8.20. The summed E-state index contributed by atoms with van der Waals surface area (Å²) in [6.45, 7) is 0. The van der Waals surface area contributed by atoms with Crippen LogP contribution in [-0.4, -0.2) is 34.6 Å². The van der Waals surface area contributed by atoms with Gasteiger partial charge in [-0.2, -0.15) is 26.3 Å². The molecule has 3 rings (SSSR count). The maximum atomic E-state index is 12.5. The lowest BCUT2D eigenvalue weighted by Gasteiger charge is -2.32. The van der Waals surface area contributed by atoms with Crippen LogP contribution in [0.2, 0.25) is 0 Å². The van der Waals surface area contributed by atoms with Gasteiger partial charge in [0.2, 0.25) is 0 Å². The Balaban J connectivity index is 1.91. The van der Waals surface area contributed by atoms with E-state index in [9.17, 15) is 46.3 Å². The first-order valence-corrected chi connectivity index (χ1v) is 8.77. The van der Waals surface area contributed by atoms with Crippen LogP contribution in [0.25, 0.3) is 0 Å². The van der Waals surface area contributed by atoms with Gasteiger partial charge in [-0.3, -0.25) is 20.0 Å². The minimum Gasteiger partial charge on any atom is -0.318 e. The van der Waals surface area contributed by atoms with E-state index < -0.39 is 24.2 Å². The number of carbonyl (C=O) groups is 2. The van der Waals surface area contributed by atoms with E-state index >= 15 is 0 Å². The number of hydrazine groups is 1. The van der Waals surface area contributed by atoms with Gasteiger partial charge in [0, 0.05) is 11.4 Å². The molecule has 0 unspecified atom stereocenters. The molecule has 2 amide bonds. The lowest BCUT2D eigenvalue weighted by molar-refractivity contribution is -0.167. The first-order chi connectivity index (χ1) is 14.8. The van der Waals surface area contributed by atoms with Crippen LogP contribution in [-0.2, 0) is 22.4 Å². The molecule has 0 radical (unpaired) electrons. The number of amides is 2. The number of nitrogens with zero attached hydrogens (tertiary/aromatic N) is 2. The van der Waals surface area contributed by atoms with Gasteiger partial charge in [-0.1, -0.05) is 12.1 Å². The Morgan fingerprint density at radius 1 is 0.719 bits per heavy atom. The molecule has 1 aliphatic rings. The fourth-order valence-corrected chi connectivity index (χ4v) is 2.96. The van der Waals surface area contributed by atoms with Crippen LogP contribution in [0, 0.1) is 0 Å². The average molecular weight is 464 g/mol. The van der Waals surface area contributed by atoms with Crippen molar-refractivity contribution in [2.75, 3.05) is 21.0 Å². The Morgan fingerprint density at radius 3 is 1.38 bits per heavy atom. The summed E-state index contributed by atoms with van der Waals surface area (Å²) in [7, 11) is 0. The standard InChI is InChI=1S/C18H14F6N4O4/c19-17(20,21)15(29)25-11-5-3-9-1-2-10-4-6-12(26-16(30)18(22,23)24)8-14(10)28(32)27(31)13(9)7-11/h3-8,31-32H,1-2H2,(H,25,29)(H,26,30). The average Bonchev–Trinajstić information content (AvgIpc) is 2.70. The Labute approximate surface area is 175 Å². The fourth-order valence-electron chi connectivity index (χ4n) is 2.96. The number of nitrogens with one attached hydrogen (secondary N) is 2. The molecule has 8 nitrogen and oxygen atoms in total. The van der Waals surface area contributed by atoms with Crippen molar-refractivity contribution in [1.29, 1.82) is 0 Å². The molecule has 4 N–H and O–H groups in total. The first kappa shape index (κ1) is 23.1. The Bertz CT molecular complexity index is 973. The topological polar surface area (TPSA) is 105 Å². The van der Waals surface area contributed by atoms with E-state index in [1.165, 1.54) is 24.3 Å². The molecule has 0 bridgehead atoms. The molecule has 0 aromatic heterocycles. The molecule has 2 aromatic carbocycles. The largest absolute Gasteiger partial charge is 0.471 e. The molecule has 0 saturated heterocycles. The number of hydrogen-bond donors (Lipinski definition) is 4. The third kappa shape index (κ3) is 4.86. The highest BCUT2D eigenvalue weighted by atomic mass is 19.4. The number of fused-ring (bicyclic) bond motifs is 2. The molecule has 0 atom stereocenters. The van der Waals surface area contributed by atoms with Crippen molar-refractivity contribution >= 4 is 34.6 Å². The predicted molar refractivity (Wildman–Crippen MR) is 98.2 cm³/mol. The maximum Gasteiger partial charge on any atom is 0.471 e. The highest BCUT2D eigenvalue weighted by molar-refractivity contribution is 5.96. The minimum absolute atomic E-state index is 0.145. The zero-order chi connectivity index (χ0) is 23.8. The number of halogens is 6. The molecule has 1 aliphatic heterocycles. The van der Waals surface area contributed by atoms with Gasteiger partial charge < -0.3 is 10.6 Å². The zero-order valence-corrected chi connectivity index (χ0v) is 15.8. The van der Waals surface area contributed by atoms with Gasteiger partial charge in [-0.25, -0.2) is 0 Å². The summed E-state index contributed by atoms with van der Waals surface area (Å²) in [6, 6.07) is 6.97. The molecular formula is C18H14F6N4O4. The van der Waals surface area contributed by atoms with Crippen LogP contribution in [0.5, 0.6) is 0 Å². The van der Waals surface area contributed by atoms with Crippen LogP contribution in [0.4, 0.5) is 49.1 Å². The number of carbonyl (C=O) groups excluding carboxylic acids is 2.